The van der Waals surface area contributed by atoms with Crippen LogP contribution in [0.4, 0.5) is 5.69 Å². The van der Waals surface area contributed by atoms with Gasteiger partial charge in [-0.05, 0) is 49.4 Å². The molecule has 4 rings (SSSR count). The van der Waals surface area contributed by atoms with E-state index >= 15 is 0 Å². The number of carbonyl (C=O) groups is 4. The molecule has 0 aliphatic carbocycles. The topological polar surface area (TPSA) is 96.0 Å². The summed E-state index contributed by atoms with van der Waals surface area (Å²) in [6.07, 6.45) is 4.02. The minimum atomic E-state index is -0.601. The molecule has 1 aromatic rings. The molecule has 8 nitrogen and oxygen atoms in total. The molecule has 2 saturated heterocycles. The van der Waals surface area contributed by atoms with Crippen LogP contribution in [0, 0.1) is 5.92 Å². The molecule has 1 atom stereocenters. The van der Waals surface area contributed by atoms with Crippen LogP contribution in [0.5, 0.6) is 0 Å². The lowest BCUT2D eigenvalue weighted by molar-refractivity contribution is -0.149. The van der Waals surface area contributed by atoms with E-state index in [0.717, 1.165) is 50.0 Å². The number of fused-ring (bicyclic) bond motifs is 1. The Hall–Kier alpha value is -2.90. The molecule has 0 bridgehead atoms. The molecule has 31 heavy (non-hydrogen) atoms. The Balaban J connectivity index is 1.37. The van der Waals surface area contributed by atoms with E-state index in [1.165, 1.54) is 0 Å². The average molecular weight is 428 g/mol. The molecular formula is C23H29N3O5. The fourth-order valence-corrected chi connectivity index (χ4v) is 4.57. The third kappa shape index (κ3) is 4.43. The first kappa shape index (κ1) is 21.3. The van der Waals surface area contributed by atoms with Crippen molar-refractivity contribution in [2.24, 2.45) is 5.92 Å². The Morgan fingerprint density at radius 2 is 1.94 bits per heavy atom. The van der Waals surface area contributed by atoms with Gasteiger partial charge in [-0.15, -0.1) is 0 Å². The zero-order valence-electron chi connectivity index (χ0n) is 17.9. The van der Waals surface area contributed by atoms with E-state index < -0.39 is 11.9 Å². The molecular weight excluding hydrogens is 398 g/mol. The van der Waals surface area contributed by atoms with E-state index in [0.29, 0.717) is 25.1 Å². The lowest BCUT2D eigenvalue weighted by atomic mass is 9.96. The normalized spacial score (nSPS) is 21.8. The number of amides is 3. The second-order valence-corrected chi connectivity index (χ2v) is 8.52. The fraction of sp³-hybridized carbons (Fsp3) is 0.565. The Kier molecular flexibility index (Phi) is 6.25. The summed E-state index contributed by atoms with van der Waals surface area (Å²) in [5, 5.41) is 2.33. The lowest BCUT2D eigenvalue weighted by Gasteiger charge is -2.32. The summed E-state index contributed by atoms with van der Waals surface area (Å²) in [7, 11) is 0. The molecule has 8 heteroatoms. The van der Waals surface area contributed by atoms with Crippen LogP contribution < -0.4 is 10.2 Å². The van der Waals surface area contributed by atoms with Crippen molar-refractivity contribution in [1.82, 2.24) is 10.2 Å². The molecule has 1 N–H and O–H groups in total. The van der Waals surface area contributed by atoms with Gasteiger partial charge in [0.25, 0.3) is 5.91 Å². The van der Waals surface area contributed by atoms with Gasteiger partial charge in [-0.25, -0.2) is 0 Å². The number of unbranched alkanes of at least 4 members (excludes halogenated alkanes) is 1. The van der Waals surface area contributed by atoms with Gasteiger partial charge in [0, 0.05) is 37.3 Å². The summed E-state index contributed by atoms with van der Waals surface area (Å²) < 4.78 is 5.37. The summed E-state index contributed by atoms with van der Waals surface area (Å²) in [5.74, 6) is -0.986. The SMILES string of the molecule is CCCCOC(=O)C1CCN(c2ccc3c(c2)CN(C2CCC(=O)NC2=O)C3=O)CC1. The van der Waals surface area contributed by atoms with Gasteiger partial charge in [-0.2, -0.15) is 0 Å². The first-order chi connectivity index (χ1) is 15.0. The van der Waals surface area contributed by atoms with Gasteiger partial charge in [0.15, 0.2) is 0 Å². The number of ether oxygens (including phenoxy) is 1. The summed E-state index contributed by atoms with van der Waals surface area (Å²) in [5.41, 5.74) is 2.53. The van der Waals surface area contributed by atoms with Crippen molar-refractivity contribution in [3.8, 4) is 0 Å². The predicted molar refractivity (Wildman–Crippen MR) is 113 cm³/mol. The second kappa shape index (κ2) is 9.08. The van der Waals surface area contributed by atoms with Crippen LogP contribution in [0.15, 0.2) is 18.2 Å². The average Bonchev–Trinajstić information content (AvgIpc) is 3.09. The summed E-state index contributed by atoms with van der Waals surface area (Å²) >= 11 is 0. The van der Waals surface area contributed by atoms with Gasteiger partial charge < -0.3 is 14.5 Å². The third-order valence-electron chi connectivity index (χ3n) is 6.44. The van der Waals surface area contributed by atoms with Crippen LogP contribution >= 0.6 is 0 Å². The van der Waals surface area contributed by atoms with Gasteiger partial charge >= 0.3 is 5.97 Å². The number of piperidine rings is 2. The molecule has 3 amide bonds. The van der Waals surface area contributed by atoms with Crippen LogP contribution in [0.3, 0.4) is 0 Å². The maximum atomic E-state index is 12.8. The molecule has 1 aromatic carbocycles. The van der Waals surface area contributed by atoms with E-state index in [1.807, 2.05) is 18.2 Å². The zero-order chi connectivity index (χ0) is 22.0. The van der Waals surface area contributed by atoms with Crippen LogP contribution in [0.25, 0.3) is 0 Å². The van der Waals surface area contributed by atoms with E-state index in [4.69, 9.17) is 4.74 Å². The maximum Gasteiger partial charge on any atom is 0.309 e. The lowest BCUT2D eigenvalue weighted by Crippen LogP contribution is -2.52. The number of imide groups is 1. The van der Waals surface area contributed by atoms with Crippen LogP contribution in [-0.2, 0) is 25.7 Å². The quantitative estimate of drug-likeness (QED) is 0.424. The molecule has 2 fully saturated rings. The highest BCUT2D eigenvalue weighted by atomic mass is 16.5. The number of esters is 1. The van der Waals surface area contributed by atoms with Crippen LogP contribution in [0.2, 0.25) is 0 Å². The molecule has 0 saturated carbocycles. The summed E-state index contributed by atoms with van der Waals surface area (Å²) in [4.78, 5) is 52.4. The summed E-state index contributed by atoms with van der Waals surface area (Å²) in [6.45, 7) is 4.46. The molecule has 0 radical (unpaired) electrons. The van der Waals surface area contributed by atoms with Crippen molar-refractivity contribution < 1.29 is 23.9 Å². The first-order valence-electron chi connectivity index (χ1n) is 11.2. The predicted octanol–water partition coefficient (Wildman–Crippen LogP) is 2.01. The number of hydrogen-bond donors (Lipinski definition) is 1. The van der Waals surface area contributed by atoms with E-state index in [9.17, 15) is 19.2 Å². The van der Waals surface area contributed by atoms with E-state index in [2.05, 4.69) is 17.1 Å². The molecule has 3 aliphatic rings. The van der Waals surface area contributed by atoms with E-state index in [1.54, 1.807) is 4.90 Å². The molecule has 3 heterocycles. The number of nitrogens with one attached hydrogen (secondary N) is 1. The molecule has 1 unspecified atom stereocenters. The Morgan fingerprint density at radius 3 is 2.65 bits per heavy atom. The number of hydrogen-bond acceptors (Lipinski definition) is 6. The highest BCUT2D eigenvalue weighted by Crippen LogP contribution is 2.32. The van der Waals surface area contributed by atoms with Gasteiger partial charge in [0.2, 0.25) is 11.8 Å². The Bertz CT molecular complexity index is 891. The highest BCUT2D eigenvalue weighted by Gasteiger charge is 2.39. The zero-order valence-corrected chi connectivity index (χ0v) is 17.9. The minimum Gasteiger partial charge on any atom is -0.465 e. The molecule has 3 aliphatic heterocycles. The molecule has 0 aromatic heterocycles. The van der Waals surface area contributed by atoms with Gasteiger partial charge in [0.1, 0.15) is 6.04 Å². The van der Waals surface area contributed by atoms with Crippen LogP contribution in [-0.4, -0.2) is 54.3 Å². The van der Waals surface area contributed by atoms with Gasteiger partial charge in [0.05, 0.1) is 12.5 Å². The van der Waals surface area contributed by atoms with Gasteiger partial charge in [-0.3, -0.25) is 24.5 Å². The Labute approximate surface area is 181 Å². The third-order valence-corrected chi connectivity index (χ3v) is 6.44. The molecule has 166 valence electrons. The number of nitrogens with zero attached hydrogens (tertiary/aromatic N) is 2. The van der Waals surface area contributed by atoms with Crippen molar-refractivity contribution in [3.05, 3.63) is 29.3 Å². The van der Waals surface area contributed by atoms with Crippen LogP contribution in [0.1, 0.15) is 61.4 Å². The van der Waals surface area contributed by atoms with Crippen molar-refractivity contribution in [1.29, 1.82) is 0 Å². The van der Waals surface area contributed by atoms with Gasteiger partial charge in [-0.1, -0.05) is 13.3 Å². The van der Waals surface area contributed by atoms with Crippen molar-refractivity contribution in [3.63, 3.8) is 0 Å². The van der Waals surface area contributed by atoms with Crippen molar-refractivity contribution in [2.45, 2.75) is 58.0 Å². The summed E-state index contributed by atoms with van der Waals surface area (Å²) in [6, 6.07) is 5.17. The maximum absolute atomic E-state index is 12.8. The molecule has 0 spiro atoms. The number of rotatable bonds is 6. The number of anilines is 1. The Morgan fingerprint density at radius 1 is 1.16 bits per heavy atom. The minimum absolute atomic E-state index is 0.0490. The number of carbonyl (C=O) groups excluding carboxylic acids is 4. The monoisotopic (exact) mass is 427 g/mol. The fourth-order valence-electron chi connectivity index (χ4n) is 4.57. The highest BCUT2D eigenvalue weighted by molar-refractivity contribution is 6.05. The standard InChI is InChI=1S/C23H29N3O5/c1-2-3-12-31-23(30)15-8-10-25(11-9-15)17-4-5-18-16(13-17)14-26(22(18)29)19-6-7-20(27)24-21(19)28/h4-5,13,15,19H,2-3,6-12,14H2,1H3,(H,24,27,28). The number of benzene rings is 1. The van der Waals surface area contributed by atoms with Crippen molar-refractivity contribution >= 4 is 29.4 Å². The second-order valence-electron chi connectivity index (χ2n) is 8.52. The first-order valence-corrected chi connectivity index (χ1v) is 11.2. The van der Waals surface area contributed by atoms with E-state index in [-0.39, 0.29) is 30.1 Å². The largest absolute Gasteiger partial charge is 0.465 e. The smallest absolute Gasteiger partial charge is 0.309 e. The van der Waals surface area contributed by atoms with Crippen molar-refractivity contribution in [2.75, 3.05) is 24.6 Å².